The quantitative estimate of drug-likeness (QED) is 0.412. The van der Waals surface area contributed by atoms with Crippen molar-refractivity contribution < 1.29 is 9.80 Å². The van der Waals surface area contributed by atoms with Crippen molar-refractivity contribution in [3.05, 3.63) is 5.21 Å². The molecule has 0 bridgehead atoms. The third kappa shape index (κ3) is 4.02. The first-order chi connectivity index (χ1) is 6.94. The zero-order valence-corrected chi connectivity index (χ0v) is 9.77. The maximum atomic E-state index is 11.6. The average molecular weight is 218 g/mol. The SMILES string of the molecule is CN[N+](C)(N)ON([O-])C1CCC(C)CC1. The van der Waals surface area contributed by atoms with Crippen molar-refractivity contribution >= 4 is 0 Å². The van der Waals surface area contributed by atoms with Crippen LogP contribution in [0, 0.1) is 11.1 Å². The molecule has 1 unspecified atom stereocenters. The van der Waals surface area contributed by atoms with E-state index in [1.165, 1.54) is 0 Å². The summed E-state index contributed by atoms with van der Waals surface area (Å²) in [7, 11) is 3.20. The van der Waals surface area contributed by atoms with Gasteiger partial charge in [0.2, 0.25) is 0 Å². The molecule has 90 valence electrons. The predicted molar refractivity (Wildman–Crippen MR) is 57.1 cm³/mol. The van der Waals surface area contributed by atoms with E-state index in [0.717, 1.165) is 31.6 Å². The predicted octanol–water partition coefficient (Wildman–Crippen LogP) is 0.666. The highest BCUT2D eigenvalue weighted by Crippen LogP contribution is 2.27. The highest BCUT2D eigenvalue weighted by molar-refractivity contribution is 4.74. The first-order valence-corrected chi connectivity index (χ1v) is 5.45. The Morgan fingerprint density at radius 1 is 1.40 bits per heavy atom. The van der Waals surface area contributed by atoms with Crippen molar-refractivity contribution in [2.24, 2.45) is 11.8 Å². The Labute approximate surface area is 91.0 Å². The van der Waals surface area contributed by atoms with Gasteiger partial charge in [-0.3, -0.25) is 0 Å². The summed E-state index contributed by atoms with van der Waals surface area (Å²) in [5.74, 6) is 6.33. The van der Waals surface area contributed by atoms with Gasteiger partial charge in [-0.05, 0) is 36.5 Å². The fraction of sp³-hybridized carbons (Fsp3) is 1.00. The number of nitrogens with one attached hydrogen (secondary N) is 1. The molecule has 0 spiro atoms. The summed E-state index contributed by atoms with van der Waals surface area (Å²) < 4.78 is 0. The maximum Gasteiger partial charge on any atom is 0.140 e. The number of hydrogen-bond acceptors (Lipinski definition) is 5. The van der Waals surface area contributed by atoms with Crippen LogP contribution in [0.1, 0.15) is 32.6 Å². The Bertz CT molecular complexity index is 193. The summed E-state index contributed by atoms with van der Waals surface area (Å²) in [5, 5.41) is 12.3. The van der Waals surface area contributed by atoms with Gasteiger partial charge in [-0.25, -0.2) is 0 Å². The van der Waals surface area contributed by atoms with Gasteiger partial charge in [0.1, 0.15) is 7.05 Å². The lowest BCUT2D eigenvalue weighted by molar-refractivity contribution is -1.16. The molecule has 0 radical (unpaired) electrons. The van der Waals surface area contributed by atoms with E-state index in [4.69, 9.17) is 10.8 Å². The topological polar surface area (TPSA) is 73.6 Å². The minimum atomic E-state index is -0.449. The Hall–Kier alpha value is -0.240. The van der Waals surface area contributed by atoms with Gasteiger partial charge in [-0.15, -0.1) is 11.3 Å². The summed E-state index contributed by atoms with van der Waals surface area (Å²) in [4.78, 5) is 4.59. The van der Waals surface area contributed by atoms with Crippen molar-refractivity contribution in [2.45, 2.75) is 38.6 Å². The van der Waals surface area contributed by atoms with Crippen LogP contribution in [-0.2, 0) is 4.94 Å². The van der Waals surface area contributed by atoms with E-state index in [1.54, 1.807) is 14.1 Å². The molecule has 6 heteroatoms. The summed E-state index contributed by atoms with van der Waals surface area (Å²) in [6.07, 6.45) is 3.93. The lowest BCUT2D eigenvalue weighted by Crippen LogP contribution is -2.62. The van der Waals surface area contributed by atoms with E-state index in [2.05, 4.69) is 12.3 Å². The van der Waals surface area contributed by atoms with Crippen LogP contribution in [0.25, 0.3) is 0 Å². The van der Waals surface area contributed by atoms with Crippen LogP contribution in [0.3, 0.4) is 0 Å². The summed E-state index contributed by atoms with van der Waals surface area (Å²) in [6, 6.07) is -0.0597. The molecule has 1 aliphatic carbocycles. The molecular formula is C9H22N4O2. The smallest absolute Gasteiger partial charge is 0.140 e. The molecule has 0 aromatic carbocycles. The fourth-order valence-electron chi connectivity index (χ4n) is 1.73. The molecule has 1 fully saturated rings. The minimum absolute atomic E-state index is 0.0597. The molecule has 0 aliphatic heterocycles. The summed E-state index contributed by atoms with van der Waals surface area (Å²) >= 11 is 0. The van der Waals surface area contributed by atoms with Gasteiger partial charge in [0.25, 0.3) is 0 Å². The van der Waals surface area contributed by atoms with Crippen LogP contribution < -0.4 is 11.3 Å². The Morgan fingerprint density at radius 3 is 2.40 bits per heavy atom. The standard InChI is InChI=1S/C9H22N4O2/c1-8-4-6-9(7-5-8)12(14)15-13(3,10)11-2/h8-9,11H,4-7,10H2,1-3H3. The number of nitrogens with zero attached hydrogens (tertiary/aromatic N) is 2. The van der Waals surface area contributed by atoms with Crippen molar-refractivity contribution in [2.75, 3.05) is 14.1 Å². The lowest BCUT2D eigenvalue weighted by atomic mass is 9.88. The molecule has 15 heavy (non-hydrogen) atoms. The molecule has 0 heterocycles. The number of quaternary nitrogens is 1. The van der Waals surface area contributed by atoms with Gasteiger partial charge in [0.15, 0.2) is 0 Å². The van der Waals surface area contributed by atoms with Crippen molar-refractivity contribution in [3.63, 3.8) is 0 Å². The van der Waals surface area contributed by atoms with Crippen LogP contribution in [0.2, 0.25) is 0 Å². The lowest BCUT2D eigenvalue weighted by Gasteiger charge is -2.40. The second kappa shape index (κ2) is 5.20. The molecule has 1 aliphatic rings. The number of hydroxylamine groups is 3. The summed E-state index contributed by atoms with van der Waals surface area (Å²) in [6.45, 7) is 2.21. The number of hydrogen-bond donors (Lipinski definition) is 2. The molecule has 0 aromatic heterocycles. The van der Waals surface area contributed by atoms with Crippen LogP contribution in [0.4, 0.5) is 0 Å². The third-order valence-corrected chi connectivity index (χ3v) is 2.98. The summed E-state index contributed by atoms with van der Waals surface area (Å²) in [5.41, 5.74) is 2.67. The Balaban J connectivity index is 2.37. The van der Waals surface area contributed by atoms with E-state index in [9.17, 15) is 5.21 Å². The molecule has 0 amide bonds. The second-order valence-corrected chi connectivity index (χ2v) is 4.49. The average Bonchev–Trinajstić information content (AvgIpc) is 2.18. The first-order valence-electron chi connectivity index (χ1n) is 5.45. The van der Waals surface area contributed by atoms with E-state index >= 15 is 0 Å². The van der Waals surface area contributed by atoms with Gasteiger partial charge in [0, 0.05) is 13.1 Å². The van der Waals surface area contributed by atoms with Crippen LogP contribution in [-0.4, -0.2) is 30.2 Å². The molecule has 0 aromatic rings. The molecule has 1 saturated carbocycles. The molecule has 0 saturated heterocycles. The second-order valence-electron chi connectivity index (χ2n) is 4.49. The van der Waals surface area contributed by atoms with Gasteiger partial charge in [0.05, 0.1) is 0 Å². The third-order valence-electron chi connectivity index (χ3n) is 2.98. The zero-order chi connectivity index (χ0) is 11.5. The molecule has 6 nitrogen and oxygen atoms in total. The molecule has 1 atom stereocenters. The van der Waals surface area contributed by atoms with Gasteiger partial charge in [-0.2, -0.15) is 5.23 Å². The largest absolute Gasteiger partial charge is 0.757 e. The van der Waals surface area contributed by atoms with Crippen LogP contribution in [0.15, 0.2) is 0 Å². The van der Waals surface area contributed by atoms with E-state index in [0.29, 0.717) is 5.23 Å². The van der Waals surface area contributed by atoms with Crippen LogP contribution >= 0.6 is 0 Å². The first kappa shape index (κ1) is 12.8. The highest BCUT2D eigenvalue weighted by atomic mass is 17.0. The van der Waals surface area contributed by atoms with E-state index in [-0.39, 0.29) is 6.04 Å². The van der Waals surface area contributed by atoms with Crippen LogP contribution in [0.5, 0.6) is 0 Å². The van der Waals surface area contributed by atoms with Crippen molar-refractivity contribution in [1.29, 1.82) is 0 Å². The fourth-order valence-corrected chi connectivity index (χ4v) is 1.73. The number of nitrogens with two attached hydrogens (primary N) is 1. The maximum absolute atomic E-state index is 11.6. The van der Waals surface area contributed by atoms with Crippen molar-refractivity contribution in [1.82, 2.24) is 10.7 Å². The van der Waals surface area contributed by atoms with E-state index in [1.807, 2.05) is 0 Å². The number of rotatable bonds is 4. The van der Waals surface area contributed by atoms with Gasteiger partial charge in [-0.1, -0.05) is 11.9 Å². The monoisotopic (exact) mass is 218 g/mol. The van der Waals surface area contributed by atoms with E-state index < -0.39 is 4.86 Å². The van der Waals surface area contributed by atoms with Gasteiger partial charge >= 0.3 is 0 Å². The Kier molecular flexibility index (Phi) is 4.45. The normalized spacial score (nSPS) is 31.6. The highest BCUT2D eigenvalue weighted by Gasteiger charge is 2.25. The molecular weight excluding hydrogens is 196 g/mol. The van der Waals surface area contributed by atoms with Crippen molar-refractivity contribution in [3.8, 4) is 0 Å². The molecule has 1 rings (SSSR count). The van der Waals surface area contributed by atoms with Gasteiger partial charge < -0.3 is 5.21 Å². The Morgan fingerprint density at radius 2 is 1.93 bits per heavy atom. The zero-order valence-electron chi connectivity index (χ0n) is 9.77. The molecule has 3 N–H and O–H groups in total. The minimum Gasteiger partial charge on any atom is -0.757 e.